The minimum atomic E-state index is 0. The molecule has 0 aliphatic carbocycles. The van der Waals surface area contributed by atoms with Crippen molar-refractivity contribution >= 4 is 28.7 Å². The molecule has 0 bridgehead atoms. The molecule has 0 aromatic heterocycles. The molecule has 0 spiro atoms. The number of ether oxygens (including phenoxy) is 2. The molecule has 23 heavy (non-hydrogen) atoms. The number of hydrogen-bond acceptors (Lipinski definition) is 3. The second-order valence-electron chi connectivity index (χ2n) is 4.49. The monoisotopic (exact) mass is 482 g/mol. The fourth-order valence-corrected chi connectivity index (χ4v) is 2.13. The standard InChI is InChI=1S/C17H20N2O2S.Er/c1-3-20-15-9-5-13(6-10-15)18-17(22)19-14-7-11-16(12-8-14)21-4-2;/h5-12H,3-4H2,1-2H3,(H2,18,19,22);. The summed E-state index contributed by atoms with van der Waals surface area (Å²) in [7, 11) is 0. The Morgan fingerprint density at radius 3 is 1.43 bits per heavy atom. The van der Waals surface area contributed by atoms with Gasteiger partial charge < -0.3 is 20.1 Å². The molecule has 0 saturated heterocycles. The van der Waals surface area contributed by atoms with Crippen LogP contribution in [0.1, 0.15) is 13.8 Å². The van der Waals surface area contributed by atoms with Crippen LogP contribution in [0.15, 0.2) is 48.5 Å². The zero-order valence-electron chi connectivity index (χ0n) is 13.0. The van der Waals surface area contributed by atoms with E-state index >= 15 is 0 Å². The van der Waals surface area contributed by atoms with Gasteiger partial charge in [-0.15, -0.1) is 0 Å². The minimum absolute atomic E-state index is 0. The van der Waals surface area contributed by atoms with Crippen LogP contribution in [0.3, 0.4) is 0 Å². The number of thiocarbonyl (C=S) groups is 1. The summed E-state index contributed by atoms with van der Waals surface area (Å²) in [4.78, 5) is 0. The van der Waals surface area contributed by atoms with Crippen molar-refractivity contribution in [3.8, 4) is 11.5 Å². The quantitative estimate of drug-likeness (QED) is 0.600. The van der Waals surface area contributed by atoms with E-state index in [9.17, 15) is 0 Å². The van der Waals surface area contributed by atoms with E-state index in [1.807, 2.05) is 62.4 Å². The maximum Gasteiger partial charge on any atom is 0.175 e. The first-order valence-electron chi connectivity index (χ1n) is 7.25. The maximum absolute atomic E-state index is 5.40. The Bertz CT molecular complexity index is 549. The number of anilines is 2. The van der Waals surface area contributed by atoms with Gasteiger partial charge in [0.05, 0.1) is 13.2 Å². The average molecular weight is 484 g/mol. The second kappa shape index (κ2) is 10.7. The van der Waals surface area contributed by atoms with Crippen molar-refractivity contribution in [2.45, 2.75) is 13.8 Å². The molecule has 0 atom stereocenters. The Hall–Kier alpha value is -1.02. The summed E-state index contributed by atoms with van der Waals surface area (Å²) >= 11 is 5.30. The van der Waals surface area contributed by atoms with E-state index < -0.39 is 0 Å². The van der Waals surface area contributed by atoms with Crippen molar-refractivity contribution < 1.29 is 46.8 Å². The van der Waals surface area contributed by atoms with Gasteiger partial charge in [-0.25, -0.2) is 0 Å². The molecule has 0 amide bonds. The molecule has 0 aliphatic rings. The molecule has 2 rings (SSSR count). The Labute approximate surface area is 172 Å². The molecule has 0 heterocycles. The summed E-state index contributed by atoms with van der Waals surface area (Å²) in [5.41, 5.74) is 1.82. The molecule has 6 heteroatoms. The SMILES string of the molecule is CCOc1ccc(NC(=S)Nc2ccc(OCC)cc2)cc1.[Er]. The van der Waals surface area contributed by atoms with Crippen LogP contribution in [-0.2, 0) is 0 Å². The topological polar surface area (TPSA) is 42.5 Å². The van der Waals surface area contributed by atoms with Gasteiger partial charge in [0.1, 0.15) is 11.5 Å². The molecule has 128 valence electrons. The predicted octanol–water partition coefficient (Wildman–Crippen LogP) is 4.29. The first-order chi connectivity index (χ1) is 10.7. The molecule has 4 nitrogen and oxygen atoms in total. The van der Waals surface area contributed by atoms with Gasteiger partial charge in [0.2, 0.25) is 0 Å². The van der Waals surface area contributed by atoms with E-state index in [-0.39, 0.29) is 37.3 Å². The first kappa shape index (κ1) is 20.0. The summed E-state index contributed by atoms with van der Waals surface area (Å²) < 4.78 is 10.8. The van der Waals surface area contributed by atoms with Gasteiger partial charge >= 0.3 is 0 Å². The van der Waals surface area contributed by atoms with Gasteiger partial charge in [0.25, 0.3) is 0 Å². The van der Waals surface area contributed by atoms with Gasteiger partial charge in [-0.05, 0) is 74.6 Å². The van der Waals surface area contributed by atoms with Crippen LogP contribution in [0.2, 0.25) is 0 Å². The first-order valence-corrected chi connectivity index (χ1v) is 7.65. The van der Waals surface area contributed by atoms with Crippen LogP contribution in [0.25, 0.3) is 0 Å². The summed E-state index contributed by atoms with van der Waals surface area (Å²) in [6, 6.07) is 15.3. The smallest absolute Gasteiger partial charge is 0.175 e. The Balaban J connectivity index is 0.00000264. The van der Waals surface area contributed by atoms with E-state index in [1.165, 1.54) is 0 Å². The van der Waals surface area contributed by atoms with Gasteiger partial charge in [-0.3, -0.25) is 0 Å². The van der Waals surface area contributed by atoms with E-state index in [1.54, 1.807) is 0 Å². The molecule has 0 unspecified atom stereocenters. The Kier molecular flexibility index (Phi) is 9.31. The van der Waals surface area contributed by atoms with Gasteiger partial charge in [0.15, 0.2) is 5.11 Å². The molecular formula is C17H20ErN2O2S. The zero-order chi connectivity index (χ0) is 15.8. The van der Waals surface area contributed by atoms with Crippen molar-refractivity contribution in [2.24, 2.45) is 0 Å². The number of hydrogen-bond donors (Lipinski definition) is 2. The Morgan fingerprint density at radius 2 is 1.13 bits per heavy atom. The summed E-state index contributed by atoms with van der Waals surface area (Å²) in [5, 5.41) is 6.80. The van der Waals surface area contributed by atoms with E-state index in [4.69, 9.17) is 21.7 Å². The summed E-state index contributed by atoms with van der Waals surface area (Å²) in [6.07, 6.45) is 0. The van der Waals surface area contributed by atoms with Crippen molar-refractivity contribution in [2.75, 3.05) is 23.8 Å². The fourth-order valence-electron chi connectivity index (χ4n) is 1.90. The molecule has 2 aromatic rings. The van der Waals surface area contributed by atoms with Crippen LogP contribution in [0, 0.1) is 37.3 Å². The van der Waals surface area contributed by atoms with Crippen LogP contribution in [0.4, 0.5) is 11.4 Å². The number of nitrogens with one attached hydrogen (secondary N) is 2. The molecule has 2 aromatic carbocycles. The summed E-state index contributed by atoms with van der Waals surface area (Å²) in [5.74, 6) is 1.69. The molecule has 0 aliphatic heterocycles. The second-order valence-corrected chi connectivity index (χ2v) is 4.90. The molecular weight excluding hydrogens is 464 g/mol. The fraction of sp³-hybridized carbons (Fsp3) is 0.235. The van der Waals surface area contributed by atoms with Gasteiger partial charge in [-0.1, -0.05) is 0 Å². The largest absolute Gasteiger partial charge is 0.494 e. The van der Waals surface area contributed by atoms with Crippen molar-refractivity contribution in [3.63, 3.8) is 0 Å². The van der Waals surface area contributed by atoms with Crippen LogP contribution < -0.4 is 20.1 Å². The third-order valence-corrected chi connectivity index (χ3v) is 3.05. The third kappa shape index (κ3) is 6.95. The van der Waals surface area contributed by atoms with Crippen LogP contribution >= 0.6 is 12.2 Å². The van der Waals surface area contributed by atoms with Gasteiger partial charge in [-0.2, -0.15) is 0 Å². The van der Waals surface area contributed by atoms with E-state index in [2.05, 4.69) is 10.6 Å². The number of benzene rings is 2. The van der Waals surface area contributed by atoms with E-state index in [0.29, 0.717) is 18.3 Å². The summed E-state index contributed by atoms with van der Waals surface area (Å²) in [6.45, 7) is 5.24. The van der Waals surface area contributed by atoms with E-state index in [0.717, 1.165) is 22.9 Å². The third-order valence-electron chi connectivity index (χ3n) is 2.85. The Morgan fingerprint density at radius 1 is 0.783 bits per heavy atom. The van der Waals surface area contributed by atoms with Crippen molar-refractivity contribution in [1.29, 1.82) is 0 Å². The number of rotatable bonds is 6. The molecule has 0 radical (unpaired) electrons. The maximum atomic E-state index is 5.40. The molecule has 0 fully saturated rings. The normalized spacial score (nSPS) is 9.48. The molecule has 0 saturated carbocycles. The average Bonchev–Trinajstić information content (AvgIpc) is 2.52. The van der Waals surface area contributed by atoms with Crippen LogP contribution in [-0.4, -0.2) is 18.3 Å². The predicted molar refractivity (Wildman–Crippen MR) is 95.1 cm³/mol. The van der Waals surface area contributed by atoms with Crippen LogP contribution in [0.5, 0.6) is 11.5 Å². The zero-order valence-corrected chi connectivity index (χ0v) is 15.7. The van der Waals surface area contributed by atoms with Gasteiger partial charge in [0, 0.05) is 48.7 Å². The van der Waals surface area contributed by atoms with Crippen molar-refractivity contribution in [3.05, 3.63) is 48.5 Å². The van der Waals surface area contributed by atoms with Crippen molar-refractivity contribution in [1.82, 2.24) is 0 Å². The minimum Gasteiger partial charge on any atom is -0.494 e. The molecule has 2 N–H and O–H groups in total.